The van der Waals surface area contributed by atoms with Crippen LogP contribution in [0.1, 0.15) is 84.0 Å². The zero-order chi connectivity index (χ0) is 14.5. The Morgan fingerprint density at radius 2 is 1.70 bits per heavy atom. The first kappa shape index (κ1) is 18.0. The Bertz CT molecular complexity index is 234. The summed E-state index contributed by atoms with van der Waals surface area (Å²) in [5.41, 5.74) is 3.15. The second-order valence-electron chi connectivity index (χ2n) is 6.46. The third-order valence-electron chi connectivity index (χ3n) is 4.47. The van der Waals surface area contributed by atoms with Gasteiger partial charge in [0.15, 0.2) is 0 Å². The summed E-state index contributed by atoms with van der Waals surface area (Å²) >= 11 is 0. The van der Waals surface area contributed by atoms with Gasteiger partial charge < -0.3 is 4.74 Å². The van der Waals surface area contributed by atoms with E-state index in [0.29, 0.717) is 5.73 Å². The average Bonchev–Trinajstić information content (AvgIpc) is 2.50. The molecule has 2 atom stereocenters. The number of ether oxygens (including phenoxy) is 1. The van der Waals surface area contributed by atoms with E-state index in [0.717, 1.165) is 6.61 Å². The van der Waals surface area contributed by atoms with Crippen LogP contribution < -0.4 is 0 Å². The van der Waals surface area contributed by atoms with Crippen molar-refractivity contribution in [3.63, 3.8) is 0 Å². The van der Waals surface area contributed by atoms with E-state index < -0.39 is 8.80 Å². The molecule has 1 nitrogen and oxygen atoms in total. The SMILES string of the molecule is CCCCCCCCCCC=C[SiH](C)C1CCCCO1. The third-order valence-corrected chi connectivity index (χ3v) is 7.04. The summed E-state index contributed by atoms with van der Waals surface area (Å²) in [6.45, 7) is 5.74. The molecule has 0 saturated carbocycles. The predicted molar refractivity (Wildman–Crippen MR) is 93.0 cm³/mol. The largest absolute Gasteiger partial charge is 0.382 e. The Balaban J connectivity index is 1.90. The van der Waals surface area contributed by atoms with Crippen molar-refractivity contribution in [2.45, 2.75) is 96.2 Å². The monoisotopic (exact) mass is 296 g/mol. The van der Waals surface area contributed by atoms with Crippen molar-refractivity contribution in [3.8, 4) is 0 Å². The van der Waals surface area contributed by atoms with Crippen LogP contribution in [-0.4, -0.2) is 21.1 Å². The highest BCUT2D eigenvalue weighted by Crippen LogP contribution is 2.16. The van der Waals surface area contributed by atoms with Crippen LogP contribution in [0.25, 0.3) is 0 Å². The van der Waals surface area contributed by atoms with Crippen LogP contribution in [0.3, 0.4) is 0 Å². The molecule has 0 radical (unpaired) electrons. The molecule has 0 aromatic heterocycles. The second kappa shape index (κ2) is 12.6. The Morgan fingerprint density at radius 3 is 2.35 bits per heavy atom. The van der Waals surface area contributed by atoms with E-state index in [1.165, 1.54) is 77.0 Å². The van der Waals surface area contributed by atoms with Crippen molar-refractivity contribution in [2.75, 3.05) is 6.61 Å². The second-order valence-corrected chi connectivity index (χ2v) is 9.30. The van der Waals surface area contributed by atoms with Crippen LogP contribution in [-0.2, 0) is 4.74 Å². The molecule has 0 bridgehead atoms. The van der Waals surface area contributed by atoms with Gasteiger partial charge in [-0.1, -0.05) is 70.2 Å². The Hall–Kier alpha value is -0.0831. The number of hydrogen-bond donors (Lipinski definition) is 0. The lowest BCUT2D eigenvalue weighted by atomic mass is 10.1. The molecule has 1 aliphatic heterocycles. The summed E-state index contributed by atoms with van der Waals surface area (Å²) < 4.78 is 5.89. The fourth-order valence-electron chi connectivity index (χ4n) is 3.01. The van der Waals surface area contributed by atoms with Crippen LogP contribution in [0, 0.1) is 0 Å². The van der Waals surface area contributed by atoms with Crippen molar-refractivity contribution in [3.05, 3.63) is 11.8 Å². The Morgan fingerprint density at radius 1 is 1.00 bits per heavy atom. The third kappa shape index (κ3) is 8.96. The van der Waals surface area contributed by atoms with Gasteiger partial charge in [0.2, 0.25) is 0 Å². The van der Waals surface area contributed by atoms with Gasteiger partial charge in [0, 0.05) is 12.3 Å². The number of unbranched alkanes of at least 4 members (excludes halogenated alkanes) is 8. The lowest BCUT2D eigenvalue weighted by molar-refractivity contribution is 0.0636. The topological polar surface area (TPSA) is 9.23 Å². The van der Waals surface area contributed by atoms with Crippen LogP contribution in [0.5, 0.6) is 0 Å². The van der Waals surface area contributed by atoms with Crippen molar-refractivity contribution < 1.29 is 4.74 Å². The Labute approximate surface area is 128 Å². The molecule has 0 aromatic rings. The minimum absolute atomic E-state index is 0.624. The van der Waals surface area contributed by atoms with Gasteiger partial charge in [-0.3, -0.25) is 0 Å². The molecule has 2 unspecified atom stereocenters. The summed E-state index contributed by atoms with van der Waals surface area (Å²) in [5.74, 6) is 0. The first-order chi connectivity index (χ1) is 9.84. The van der Waals surface area contributed by atoms with E-state index in [-0.39, 0.29) is 0 Å². The van der Waals surface area contributed by atoms with Crippen LogP contribution >= 0.6 is 0 Å². The molecule has 1 aliphatic rings. The highest BCUT2D eigenvalue weighted by Gasteiger charge is 2.19. The number of hydrogen-bond acceptors (Lipinski definition) is 1. The molecule has 2 heteroatoms. The summed E-state index contributed by atoms with van der Waals surface area (Å²) in [4.78, 5) is 0. The summed E-state index contributed by atoms with van der Waals surface area (Å²) in [6, 6.07) is 0. The van der Waals surface area contributed by atoms with Crippen molar-refractivity contribution in [1.29, 1.82) is 0 Å². The van der Waals surface area contributed by atoms with E-state index in [1.807, 2.05) is 0 Å². The van der Waals surface area contributed by atoms with Crippen molar-refractivity contribution in [1.82, 2.24) is 0 Å². The van der Waals surface area contributed by atoms with E-state index in [2.05, 4.69) is 25.2 Å². The molecular formula is C18H36OSi. The van der Waals surface area contributed by atoms with Gasteiger partial charge in [0.05, 0.1) is 8.80 Å². The van der Waals surface area contributed by atoms with Gasteiger partial charge >= 0.3 is 0 Å². The molecule has 20 heavy (non-hydrogen) atoms. The highest BCUT2D eigenvalue weighted by molar-refractivity contribution is 6.64. The number of rotatable bonds is 11. The van der Waals surface area contributed by atoms with Crippen molar-refractivity contribution >= 4 is 8.80 Å². The van der Waals surface area contributed by atoms with Crippen LogP contribution in [0.2, 0.25) is 6.55 Å². The molecule has 0 aromatic carbocycles. The molecule has 1 heterocycles. The molecule has 1 fully saturated rings. The van der Waals surface area contributed by atoms with Gasteiger partial charge in [-0.15, -0.1) is 0 Å². The summed E-state index contributed by atoms with van der Waals surface area (Å²) in [6.07, 6.45) is 19.1. The smallest absolute Gasteiger partial charge is 0.0915 e. The number of allylic oxidation sites excluding steroid dienone is 1. The van der Waals surface area contributed by atoms with Crippen LogP contribution in [0.15, 0.2) is 11.8 Å². The normalized spacial score (nSPS) is 21.4. The van der Waals surface area contributed by atoms with Gasteiger partial charge in [-0.25, -0.2) is 0 Å². The summed E-state index contributed by atoms with van der Waals surface area (Å²) in [5, 5.41) is 0. The first-order valence-electron chi connectivity index (χ1n) is 9.13. The maximum absolute atomic E-state index is 5.89. The van der Waals surface area contributed by atoms with Gasteiger partial charge in [-0.05, 0) is 32.1 Å². The zero-order valence-corrected chi connectivity index (χ0v) is 15.1. The average molecular weight is 297 g/mol. The van der Waals surface area contributed by atoms with Crippen LogP contribution in [0.4, 0.5) is 0 Å². The molecule has 1 rings (SSSR count). The zero-order valence-electron chi connectivity index (χ0n) is 13.9. The van der Waals surface area contributed by atoms with E-state index in [9.17, 15) is 0 Å². The molecule has 1 saturated heterocycles. The van der Waals surface area contributed by atoms with E-state index >= 15 is 0 Å². The van der Waals surface area contributed by atoms with Gasteiger partial charge in [0.25, 0.3) is 0 Å². The van der Waals surface area contributed by atoms with Gasteiger partial charge in [-0.2, -0.15) is 0 Å². The first-order valence-corrected chi connectivity index (χ1v) is 11.6. The minimum Gasteiger partial charge on any atom is -0.382 e. The van der Waals surface area contributed by atoms with E-state index in [4.69, 9.17) is 4.74 Å². The molecule has 0 amide bonds. The Kier molecular flexibility index (Phi) is 11.4. The maximum atomic E-state index is 5.89. The highest BCUT2D eigenvalue weighted by atomic mass is 28.3. The molecule has 0 spiro atoms. The predicted octanol–water partition coefficient (Wildman–Crippen LogP) is 5.58. The molecule has 0 N–H and O–H groups in total. The summed E-state index contributed by atoms with van der Waals surface area (Å²) in [7, 11) is -0.764. The molecule has 0 aliphatic carbocycles. The quantitative estimate of drug-likeness (QED) is 0.357. The van der Waals surface area contributed by atoms with Crippen molar-refractivity contribution in [2.24, 2.45) is 0 Å². The van der Waals surface area contributed by atoms with E-state index in [1.54, 1.807) is 0 Å². The maximum Gasteiger partial charge on any atom is 0.0915 e. The fraction of sp³-hybridized carbons (Fsp3) is 0.889. The fourth-order valence-corrected chi connectivity index (χ4v) is 5.08. The lowest BCUT2D eigenvalue weighted by Crippen LogP contribution is -2.32. The van der Waals surface area contributed by atoms with Gasteiger partial charge in [0.1, 0.15) is 0 Å². The minimum atomic E-state index is -0.764. The molecule has 118 valence electrons. The standard InChI is InChI=1S/C18H36OSi/c1-3-4-5-6-7-8-9-10-11-14-17-20(2)18-15-12-13-16-19-18/h14,17-18,20H,3-13,15-16H2,1-2H3. The molecular weight excluding hydrogens is 260 g/mol. The lowest BCUT2D eigenvalue weighted by Gasteiger charge is -2.25.